The van der Waals surface area contributed by atoms with Crippen LogP contribution in [0.3, 0.4) is 0 Å². The average Bonchev–Trinajstić information content (AvgIpc) is 3.78. The molecule has 0 fully saturated rings. The fraction of sp³-hybridized carbons (Fsp3) is 0.0882. The Bertz CT molecular complexity index is 3830. The Morgan fingerprint density at radius 2 is 0.739 bits per heavy atom. The predicted molar refractivity (Wildman–Crippen MR) is 293 cm³/mol. The summed E-state index contributed by atoms with van der Waals surface area (Å²) in [6, 6.07) is 88.0. The van der Waals surface area contributed by atoms with Gasteiger partial charge in [0.25, 0.3) is 0 Å². The van der Waals surface area contributed by atoms with Gasteiger partial charge in [-0.3, -0.25) is 0 Å². The molecule has 0 radical (unpaired) electrons. The molecule has 0 saturated heterocycles. The number of hydrogen-bond acceptors (Lipinski definition) is 1. The van der Waals surface area contributed by atoms with Gasteiger partial charge in [-0.25, -0.2) is 0 Å². The van der Waals surface area contributed by atoms with E-state index >= 15 is 0 Å². The highest BCUT2D eigenvalue weighted by Gasteiger charge is 2.38. The first-order valence-corrected chi connectivity index (χ1v) is 24.3. The van der Waals surface area contributed by atoms with Gasteiger partial charge < -0.3 is 4.90 Å². The van der Waals surface area contributed by atoms with Crippen molar-refractivity contribution in [1.82, 2.24) is 0 Å². The van der Waals surface area contributed by atoms with E-state index in [0.717, 1.165) is 17.1 Å². The summed E-state index contributed by atoms with van der Waals surface area (Å²) in [5.41, 5.74) is 23.8. The minimum absolute atomic E-state index is 0.106. The zero-order valence-electron chi connectivity index (χ0n) is 39.5. The molecule has 0 N–H and O–H groups in total. The van der Waals surface area contributed by atoms with Crippen LogP contribution >= 0.6 is 0 Å². The van der Waals surface area contributed by atoms with Crippen LogP contribution in [0.1, 0.15) is 49.9 Å². The second kappa shape index (κ2) is 15.7. The van der Waals surface area contributed by atoms with E-state index in [1.54, 1.807) is 0 Å². The summed E-state index contributed by atoms with van der Waals surface area (Å²) < 4.78 is 0. The van der Waals surface area contributed by atoms with Crippen LogP contribution < -0.4 is 4.90 Å². The summed E-state index contributed by atoms with van der Waals surface area (Å²) in [6.45, 7) is 9.49. The monoisotopic (exact) mass is 881 g/mol. The lowest BCUT2D eigenvalue weighted by Gasteiger charge is -2.29. The van der Waals surface area contributed by atoms with Crippen molar-refractivity contribution < 1.29 is 0 Å². The minimum atomic E-state index is -0.122. The van der Waals surface area contributed by atoms with Crippen molar-refractivity contribution in [3.63, 3.8) is 0 Å². The maximum atomic E-state index is 2.45. The molecule has 0 unspecified atom stereocenters. The molecule has 1 nitrogen and oxygen atoms in total. The van der Waals surface area contributed by atoms with Gasteiger partial charge in [0.05, 0.1) is 5.69 Å². The first kappa shape index (κ1) is 41.0. The Morgan fingerprint density at radius 1 is 0.275 bits per heavy atom. The van der Waals surface area contributed by atoms with Crippen LogP contribution in [0.5, 0.6) is 0 Å². The van der Waals surface area contributed by atoms with E-state index < -0.39 is 0 Å². The van der Waals surface area contributed by atoms with E-state index in [9.17, 15) is 0 Å². The van der Waals surface area contributed by atoms with Crippen molar-refractivity contribution in [2.24, 2.45) is 0 Å². The van der Waals surface area contributed by atoms with Crippen molar-refractivity contribution in [3.05, 3.63) is 259 Å². The molecule has 13 rings (SSSR count). The van der Waals surface area contributed by atoms with Gasteiger partial charge in [0.2, 0.25) is 0 Å². The fourth-order valence-electron chi connectivity index (χ4n) is 12.1. The first-order valence-electron chi connectivity index (χ1n) is 24.3. The minimum Gasteiger partial charge on any atom is -0.310 e. The predicted octanol–water partition coefficient (Wildman–Crippen LogP) is 18.7. The topological polar surface area (TPSA) is 3.24 Å². The first-order chi connectivity index (χ1) is 33.8. The standard InChI is InChI=1S/C68H51N/c1-67(2)62-29-14-11-25-56(62)58-41-36-47(43-64(58)67)52-21-13-16-31-65(52)69(49-39-34-45(35-40-49)61-42-46-18-5-6-20-51(46)53-22-9-10-24-55(53)61)48-37-32-44(33-38-48)50-19-7-8-23-54(50)59-27-17-28-60-57-26-12-15-30-63(57)68(3,4)66(59)60/h5-43H,1-4H3. The van der Waals surface area contributed by atoms with Crippen LogP contribution in [0.4, 0.5) is 17.1 Å². The number of fused-ring (bicyclic) bond motifs is 9. The summed E-state index contributed by atoms with van der Waals surface area (Å²) in [7, 11) is 0. The van der Waals surface area contributed by atoms with Crippen molar-refractivity contribution in [3.8, 4) is 66.8 Å². The number of hydrogen-bond donors (Lipinski definition) is 0. The van der Waals surface area contributed by atoms with E-state index in [1.807, 2.05) is 0 Å². The van der Waals surface area contributed by atoms with Crippen LogP contribution in [0.25, 0.3) is 88.3 Å². The van der Waals surface area contributed by atoms with Crippen molar-refractivity contribution in [1.29, 1.82) is 0 Å². The van der Waals surface area contributed by atoms with Crippen LogP contribution in [0.15, 0.2) is 237 Å². The summed E-state index contributed by atoms with van der Waals surface area (Å²) >= 11 is 0. The van der Waals surface area contributed by atoms with Crippen LogP contribution in [-0.2, 0) is 10.8 Å². The van der Waals surface area contributed by atoms with Gasteiger partial charge in [0, 0.05) is 27.8 Å². The van der Waals surface area contributed by atoms with Gasteiger partial charge in [-0.2, -0.15) is 0 Å². The van der Waals surface area contributed by atoms with Crippen LogP contribution in [-0.4, -0.2) is 0 Å². The fourth-order valence-corrected chi connectivity index (χ4v) is 12.1. The lowest BCUT2D eigenvalue weighted by atomic mass is 9.78. The van der Waals surface area contributed by atoms with Gasteiger partial charge >= 0.3 is 0 Å². The van der Waals surface area contributed by atoms with E-state index in [1.165, 1.54) is 111 Å². The molecule has 0 spiro atoms. The normalized spacial score (nSPS) is 13.7. The van der Waals surface area contributed by atoms with E-state index in [0.29, 0.717) is 0 Å². The molecule has 328 valence electrons. The highest BCUT2D eigenvalue weighted by atomic mass is 15.1. The lowest BCUT2D eigenvalue weighted by molar-refractivity contribution is 0.660. The van der Waals surface area contributed by atoms with Crippen molar-refractivity contribution in [2.75, 3.05) is 4.90 Å². The summed E-state index contributed by atoms with van der Waals surface area (Å²) in [5.74, 6) is 0. The summed E-state index contributed by atoms with van der Waals surface area (Å²) in [4.78, 5) is 2.45. The Labute approximate surface area is 405 Å². The molecule has 69 heavy (non-hydrogen) atoms. The molecule has 11 aromatic rings. The molecule has 0 bridgehead atoms. The molecule has 2 aliphatic rings. The number of benzene rings is 11. The van der Waals surface area contributed by atoms with E-state index in [4.69, 9.17) is 0 Å². The Kier molecular flexibility index (Phi) is 9.30. The van der Waals surface area contributed by atoms with Gasteiger partial charge in [0.1, 0.15) is 0 Å². The summed E-state index contributed by atoms with van der Waals surface area (Å²) in [5, 5.41) is 5.07. The van der Waals surface area contributed by atoms with Gasteiger partial charge in [-0.15, -0.1) is 0 Å². The molecule has 2 aliphatic carbocycles. The molecule has 0 amide bonds. The lowest BCUT2D eigenvalue weighted by Crippen LogP contribution is -2.16. The Morgan fingerprint density at radius 3 is 1.43 bits per heavy atom. The van der Waals surface area contributed by atoms with Crippen LogP contribution in [0, 0.1) is 0 Å². The maximum absolute atomic E-state index is 2.45. The van der Waals surface area contributed by atoms with Gasteiger partial charge in [0.15, 0.2) is 0 Å². The number of para-hydroxylation sites is 1. The van der Waals surface area contributed by atoms with Crippen molar-refractivity contribution in [2.45, 2.75) is 38.5 Å². The maximum Gasteiger partial charge on any atom is 0.0540 e. The van der Waals surface area contributed by atoms with E-state index in [2.05, 4.69) is 269 Å². The smallest absolute Gasteiger partial charge is 0.0540 e. The second-order valence-corrected chi connectivity index (χ2v) is 20.0. The molecule has 0 heterocycles. The molecular formula is C68H51N. The number of anilines is 3. The number of nitrogens with zero attached hydrogens (tertiary/aromatic N) is 1. The highest BCUT2D eigenvalue weighted by molar-refractivity contribution is 6.14. The zero-order valence-corrected chi connectivity index (χ0v) is 39.5. The van der Waals surface area contributed by atoms with Crippen LogP contribution in [0.2, 0.25) is 0 Å². The zero-order chi connectivity index (χ0) is 46.4. The van der Waals surface area contributed by atoms with Crippen molar-refractivity contribution >= 4 is 38.6 Å². The second-order valence-electron chi connectivity index (χ2n) is 20.0. The third-order valence-electron chi connectivity index (χ3n) is 15.5. The molecule has 0 saturated carbocycles. The number of rotatable bonds is 7. The average molecular weight is 882 g/mol. The van der Waals surface area contributed by atoms with E-state index in [-0.39, 0.29) is 10.8 Å². The summed E-state index contributed by atoms with van der Waals surface area (Å²) in [6.07, 6.45) is 0. The molecule has 0 aliphatic heterocycles. The van der Waals surface area contributed by atoms with Gasteiger partial charge in [-0.05, 0) is 147 Å². The molecule has 0 aromatic heterocycles. The Hall–Kier alpha value is -8.26. The largest absolute Gasteiger partial charge is 0.310 e. The third-order valence-corrected chi connectivity index (χ3v) is 15.5. The Balaban J connectivity index is 0.945. The molecular weight excluding hydrogens is 831 g/mol. The molecule has 1 heteroatoms. The quantitative estimate of drug-likeness (QED) is 0.144. The van der Waals surface area contributed by atoms with Gasteiger partial charge in [-0.1, -0.05) is 222 Å². The molecule has 11 aromatic carbocycles. The third kappa shape index (κ3) is 6.38. The SMILES string of the molecule is CC1(C)c2ccccc2-c2ccc(-c3ccccc3N(c3ccc(-c4ccccc4-c4cccc5c4C(C)(C)c4ccccc4-5)cc3)c3ccc(-c4cc5ccccc5c5ccccc45)cc3)cc21. The molecule has 0 atom stereocenters. The highest BCUT2D eigenvalue weighted by Crippen LogP contribution is 2.54.